The largest absolute Gasteiger partial charge is 0.343 e. The summed E-state index contributed by atoms with van der Waals surface area (Å²) in [5.74, 6) is 0.0749. The minimum absolute atomic E-state index is 0.0128. The van der Waals surface area contributed by atoms with E-state index in [0.29, 0.717) is 12.1 Å². The van der Waals surface area contributed by atoms with E-state index in [1.54, 1.807) is 6.92 Å². The van der Waals surface area contributed by atoms with Crippen LogP contribution in [0.15, 0.2) is 0 Å². The summed E-state index contributed by atoms with van der Waals surface area (Å²) in [7, 11) is 2.21. The fourth-order valence-electron chi connectivity index (χ4n) is 4.25. The molecule has 3 aliphatic heterocycles. The molecule has 0 spiro atoms. The van der Waals surface area contributed by atoms with Crippen molar-refractivity contribution in [3.8, 4) is 0 Å². The molecule has 3 heterocycles. The highest BCUT2D eigenvalue weighted by molar-refractivity contribution is 5.96. The minimum Gasteiger partial charge on any atom is -0.343 e. The Kier molecular flexibility index (Phi) is 3.48. The fraction of sp³-hybridized carbons (Fsp3) is 0.867. The Hall–Kier alpha value is -1.10. The number of piperazine rings is 1. The van der Waals surface area contributed by atoms with Crippen molar-refractivity contribution in [3.63, 3.8) is 0 Å². The van der Waals surface area contributed by atoms with Gasteiger partial charge in [0, 0.05) is 18.1 Å². The standard InChI is InChI=1S/C15H25N3O2/c1-9-15(20)18(10(2)14(19)16-9)13-7-11-5-4-6-12(8-13)17(11)3/h9-13H,4-8H2,1-3H3,(H,16,19). The maximum absolute atomic E-state index is 12.5. The molecular formula is C15H25N3O2. The Morgan fingerprint density at radius 3 is 2.25 bits per heavy atom. The second kappa shape index (κ2) is 5.02. The number of carbonyl (C=O) groups excluding carboxylic acids is 2. The van der Waals surface area contributed by atoms with Gasteiger partial charge in [-0.1, -0.05) is 6.42 Å². The topological polar surface area (TPSA) is 52.7 Å². The van der Waals surface area contributed by atoms with Crippen LogP contribution in [0.25, 0.3) is 0 Å². The van der Waals surface area contributed by atoms with Crippen LogP contribution >= 0.6 is 0 Å². The predicted molar refractivity (Wildman–Crippen MR) is 76.1 cm³/mol. The van der Waals surface area contributed by atoms with Crippen molar-refractivity contribution >= 4 is 11.8 Å². The fourth-order valence-corrected chi connectivity index (χ4v) is 4.25. The Bertz CT molecular complexity index is 411. The van der Waals surface area contributed by atoms with Gasteiger partial charge < -0.3 is 15.1 Å². The number of nitrogens with one attached hydrogen (secondary N) is 1. The number of hydrogen-bond acceptors (Lipinski definition) is 3. The number of fused-ring (bicyclic) bond motifs is 2. The Labute approximate surface area is 120 Å². The maximum Gasteiger partial charge on any atom is 0.245 e. The van der Waals surface area contributed by atoms with Gasteiger partial charge in [-0.15, -0.1) is 0 Å². The van der Waals surface area contributed by atoms with Crippen LogP contribution < -0.4 is 5.32 Å². The highest BCUT2D eigenvalue weighted by atomic mass is 16.2. The SMILES string of the molecule is CC1NC(=O)C(C)N(C2CC3CCCC(C2)N3C)C1=O. The first-order valence-corrected chi connectivity index (χ1v) is 7.83. The Morgan fingerprint density at radius 2 is 1.65 bits per heavy atom. The van der Waals surface area contributed by atoms with Crippen LogP contribution in [0.2, 0.25) is 0 Å². The lowest BCUT2D eigenvalue weighted by molar-refractivity contribution is -0.153. The average Bonchev–Trinajstić information content (AvgIpc) is 2.37. The molecule has 0 radical (unpaired) electrons. The van der Waals surface area contributed by atoms with Crippen molar-refractivity contribution in [3.05, 3.63) is 0 Å². The van der Waals surface area contributed by atoms with Gasteiger partial charge in [-0.2, -0.15) is 0 Å². The molecule has 2 amide bonds. The molecule has 112 valence electrons. The van der Waals surface area contributed by atoms with Crippen LogP contribution in [0.4, 0.5) is 0 Å². The lowest BCUT2D eigenvalue weighted by Gasteiger charge is -2.51. The third-order valence-corrected chi connectivity index (χ3v) is 5.49. The van der Waals surface area contributed by atoms with E-state index < -0.39 is 0 Å². The zero-order valence-electron chi connectivity index (χ0n) is 12.6. The minimum atomic E-state index is -0.377. The van der Waals surface area contributed by atoms with Gasteiger partial charge in [0.05, 0.1) is 0 Å². The molecule has 0 aromatic carbocycles. The first-order chi connectivity index (χ1) is 9.49. The molecule has 20 heavy (non-hydrogen) atoms. The van der Waals surface area contributed by atoms with Crippen LogP contribution in [0, 0.1) is 0 Å². The van der Waals surface area contributed by atoms with E-state index in [4.69, 9.17) is 0 Å². The maximum atomic E-state index is 12.5. The lowest BCUT2D eigenvalue weighted by atomic mass is 9.81. The average molecular weight is 279 g/mol. The molecule has 1 N–H and O–H groups in total. The predicted octanol–water partition coefficient (Wildman–Crippen LogP) is 0.737. The Balaban J connectivity index is 1.81. The summed E-state index contributed by atoms with van der Waals surface area (Å²) in [4.78, 5) is 28.8. The second-order valence-electron chi connectivity index (χ2n) is 6.68. The number of carbonyl (C=O) groups is 2. The molecule has 3 fully saturated rings. The van der Waals surface area contributed by atoms with Crippen LogP contribution in [0.3, 0.4) is 0 Å². The van der Waals surface area contributed by atoms with Crippen molar-refractivity contribution in [1.82, 2.24) is 15.1 Å². The molecule has 4 unspecified atom stereocenters. The van der Waals surface area contributed by atoms with Crippen molar-refractivity contribution in [2.75, 3.05) is 7.05 Å². The van der Waals surface area contributed by atoms with Crippen LogP contribution in [0.1, 0.15) is 46.0 Å². The molecule has 4 atom stereocenters. The summed E-state index contributed by atoms with van der Waals surface area (Å²) < 4.78 is 0. The number of rotatable bonds is 1. The smallest absolute Gasteiger partial charge is 0.245 e. The van der Waals surface area contributed by atoms with E-state index in [9.17, 15) is 9.59 Å². The number of hydrogen-bond donors (Lipinski definition) is 1. The summed E-state index contributed by atoms with van der Waals surface area (Å²) in [6.07, 6.45) is 5.78. The molecule has 0 saturated carbocycles. The summed E-state index contributed by atoms with van der Waals surface area (Å²) in [6, 6.07) is 0.684. The molecule has 5 heteroatoms. The van der Waals surface area contributed by atoms with E-state index in [0.717, 1.165) is 12.8 Å². The van der Waals surface area contributed by atoms with Gasteiger partial charge in [-0.25, -0.2) is 0 Å². The molecule has 2 bridgehead atoms. The molecule has 3 saturated heterocycles. The van der Waals surface area contributed by atoms with Gasteiger partial charge in [0.15, 0.2) is 0 Å². The molecule has 0 aliphatic carbocycles. The highest BCUT2D eigenvalue weighted by Gasteiger charge is 2.45. The molecule has 0 aromatic heterocycles. The quantitative estimate of drug-likeness (QED) is 0.770. The second-order valence-corrected chi connectivity index (χ2v) is 6.68. The van der Waals surface area contributed by atoms with E-state index in [-0.39, 0.29) is 29.9 Å². The first kappa shape index (κ1) is 13.9. The van der Waals surface area contributed by atoms with Crippen LogP contribution in [0.5, 0.6) is 0 Å². The third kappa shape index (κ3) is 2.12. The number of amides is 2. The van der Waals surface area contributed by atoms with E-state index >= 15 is 0 Å². The van der Waals surface area contributed by atoms with Crippen molar-refractivity contribution in [1.29, 1.82) is 0 Å². The lowest BCUT2D eigenvalue weighted by Crippen LogP contribution is -2.66. The summed E-state index contributed by atoms with van der Waals surface area (Å²) in [5, 5.41) is 2.77. The first-order valence-electron chi connectivity index (χ1n) is 7.83. The molecule has 0 aromatic rings. The van der Waals surface area contributed by atoms with E-state index in [1.807, 2.05) is 11.8 Å². The van der Waals surface area contributed by atoms with Crippen molar-refractivity contribution in [2.24, 2.45) is 0 Å². The number of piperidine rings is 2. The van der Waals surface area contributed by atoms with E-state index in [1.165, 1.54) is 19.3 Å². The molecule has 5 nitrogen and oxygen atoms in total. The monoisotopic (exact) mass is 279 g/mol. The normalized spacial score (nSPS) is 42.5. The summed E-state index contributed by atoms with van der Waals surface area (Å²) in [6.45, 7) is 3.64. The zero-order chi connectivity index (χ0) is 14.4. The van der Waals surface area contributed by atoms with Gasteiger partial charge in [-0.3, -0.25) is 9.59 Å². The van der Waals surface area contributed by atoms with Gasteiger partial charge in [0.2, 0.25) is 11.8 Å². The van der Waals surface area contributed by atoms with Crippen molar-refractivity contribution in [2.45, 2.75) is 76.2 Å². The Morgan fingerprint density at radius 1 is 1.05 bits per heavy atom. The molecule has 3 aliphatic rings. The summed E-state index contributed by atoms with van der Waals surface area (Å²) >= 11 is 0. The van der Waals surface area contributed by atoms with Gasteiger partial charge in [0.1, 0.15) is 12.1 Å². The van der Waals surface area contributed by atoms with Gasteiger partial charge >= 0.3 is 0 Å². The van der Waals surface area contributed by atoms with Crippen LogP contribution in [-0.4, -0.2) is 58.9 Å². The zero-order valence-corrected chi connectivity index (χ0v) is 12.6. The van der Waals surface area contributed by atoms with Gasteiger partial charge in [-0.05, 0) is 46.6 Å². The highest BCUT2D eigenvalue weighted by Crippen LogP contribution is 2.36. The molecule has 3 rings (SSSR count). The molecular weight excluding hydrogens is 254 g/mol. The third-order valence-electron chi connectivity index (χ3n) is 5.49. The van der Waals surface area contributed by atoms with Gasteiger partial charge in [0.25, 0.3) is 0 Å². The summed E-state index contributed by atoms with van der Waals surface area (Å²) in [5.41, 5.74) is 0. The van der Waals surface area contributed by atoms with Crippen molar-refractivity contribution < 1.29 is 9.59 Å². The van der Waals surface area contributed by atoms with E-state index in [2.05, 4.69) is 17.3 Å². The van der Waals surface area contributed by atoms with Crippen LogP contribution in [-0.2, 0) is 9.59 Å². The number of nitrogens with zero attached hydrogens (tertiary/aromatic N) is 2.